The monoisotopic (exact) mass is 371 g/mol. The summed E-state index contributed by atoms with van der Waals surface area (Å²) < 4.78 is 29.1. The van der Waals surface area contributed by atoms with Crippen molar-refractivity contribution in [2.75, 3.05) is 0 Å². The number of hydrogen-bond acceptors (Lipinski definition) is 7. The summed E-state index contributed by atoms with van der Waals surface area (Å²) in [5.74, 6) is 0.659. The molecule has 0 aliphatic heterocycles. The molecule has 0 atom stereocenters. The fourth-order valence-electron chi connectivity index (χ4n) is 2.66. The van der Waals surface area contributed by atoms with Crippen molar-refractivity contribution >= 4 is 27.3 Å². The van der Waals surface area contributed by atoms with Gasteiger partial charge in [0.1, 0.15) is 16.6 Å². The van der Waals surface area contributed by atoms with E-state index in [9.17, 15) is 13.2 Å². The molecule has 0 unspecified atom stereocenters. The van der Waals surface area contributed by atoms with E-state index < -0.39 is 15.9 Å². The SMILES string of the molecule is Cn1c(CO)nnc1C1CC(NS(=O)(=O)c2cc(C(N)=O)cs2)C1. The molecular formula is C13H17N5O4S2. The molecular weight excluding hydrogens is 354 g/mol. The molecule has 0 bridgehead atoms. The summed E-state index contributed by atoms with van der Waals surface area (Å²) in [4.78, 5) is 11.1. The Kier molecular flexibility index (Phi) is 4.42. The lowest BCUT2D eigenvalue weighted by molar-refractivity contribution is 0.100. The standard InChI is InChI=1S/C13H17N5O4S2/c1-18-10(5-19)15-16-13(18)7-2-9(3-7)17-24(21,22)11-4-8(6-23-11)12(14)20/h4,6-7,9,17,19H,2-3,5H2,1H3,(H2,14,20). The highest BCUT2D eigenvalue weighted by Crippen LogP contribution is 2.37. The Morgan fingerprint density at radius 3 is 2.75 bits per heavy atom. The van der Waals surface area contributed by atoms with E-state index in [1.54, 1.807) is 11.6 Å². The Morgan fingerprint density at radius 1 is 1.50 bits per heavy atom. The topological polar surface area (TPSA) is 140 Å². The molecule has 0 aromatic carbocycles. The Bertz CT molecular complexity index is 867. The third-order valence-corrected chi connectivity index (χ3v) is 7.05. The van der Waals surface area contributed by atoms with Crippen LogP contribution in [0.5, 0.6) is 0 Å². The summed E-state index contributed by atoms with van der Waals surface area (Å²) in [5.41, 5.74) is 5.32. The molecule has 9 nitrogen and oxygen atoms in total. The van der Waals surface area contributed by atoms with Gasteiger partial charge in [-0.2, -0.15) is 0 Å². The summed E-state index contributed by atoms with van der Waals surface area (Å²) in [7, 11) is -1.90. The summed E-state index contributed by atoms with van der Waals surface area (Å²) in [6.45, 7) is -0.188. The van der Waals surface area contributed by atoms with Crippen LogP contribution >= 0.6 is 11.3 Å². The second-order valence-electron chi connectivity index (χ2n) is 5.70. The average molecular weight is 371 g/mol. The summed E-state index contributed by atoms with van der Waals surface area (Å²) in [6, 6.07) is 1.08. The number of sulfonamides is 1. The van der Waals surface area contributed by atoms with Crippen molar-refractivity contribution in [1.82, 2.24) is 19.5 Å². The van der Waals surface area contributed by atoms with Gasteiger partial charge in [-0.3, -0.25) is 4.79 Å². The molecule has 1 saturated carbocycles. The number of aromatic nitrogens is 3. The van der Waals surface area contributed by atoms with Gasteiger partial charge in [0, 0.05) is 24.4 Å². The van der Waals surface area contributed by atoms with Gasteiger partial charge < -0.3 is 15.4 Å². The maximum Gasteiger partial charge on any atom is 0.250 e. The predicted octanol–water partition coefficient (Wildman–Crippen LogP) is -0.308. The van der Waals surface area contributed by atoms with Crippen LogP contribution in [0.25, 0.3) is 0 Å². The number of nitrogens with zero attached hydrogens (tertiary/aromatic N) is 3. The molecule has 0 radical (unpaired) electrons. The molecule has 2 aromatic rings. The maximum atomic E-state index is 12.3. The number of hydrogen-bond donors (Lipinski definition) is 3. The van der Waals surface area contributed by atoms with Crippen LogP contribution < -0.4 is 10.5 Å². The lowest BCUT2D eigenvalue weighted by Gasteiger charge is -2.34. The number of aliphatic hydroxyl groups is 1. The lowest BCUT2D eigenvalue weighted by Crippen LogP contribution is -2.43. The summed E-state index contributed by atoms with van der Waals surface area (Å²) in [6.07, 6.45) is 1.20. The van der Waals surface area contributed by atoms with Crippen LogP contribution in [0.4, 0.5) is 0 Å². The molecule has 11 heteroatoms. The van der Waals surface area contributed by atoms with E-state index in [1.807, 2.05) is 0 Å². The van der Waals surface area contributed by atoms with Crippen LogP contribution in [0.2, 0.25) is 0 Å². The van der Waals surface area contributed by atoms with Crippen molar-refractivity contribution in [1.29, 1.82) is 0 Å². The largest absolute Gasteiger partial charge is 0.388 e. The smallest absolute Gasteiger partial charge is 0.250 e. The fourth-order valence-corrected chi connectivity index (χ4v) is 5.10. The van der Waals surface area contributed by atoms with Gasteiger partial charge in [0.05, 0.1) is 5.56 Å². The Balaban J connectivity index is 1.63. The Morgan fingerprint density at radius 2 is 2.21 bits per heavy atom. The maximum absolute atomic E-state index is 12.3. The van der Waals surface area contributed by atoms with Gasteiger partial charge in [0.15, 0.2) is 5.82 Å². The van der Waals surface area contributed by atoms with E-state index in [2.05, 4.69) is 14.9 Å². The van der Waals surface area contributed by atoms with Crippen molar-refractivity contribution in [2.45, 2.75) is 35.6 Å². The number of carbonyl (C=O) groups excluding carboxylic acids is 1. The minimum absolute atomic E-state index is 0.0703. The molecule has 1 fully saturated rings. The number of amides is 1. The zero-order valence-corrected chi connectivity index (χ0v) is 14.5. The summed E-state index contributed by atoms with van der Waals surface area (Å²) in [5, 5.41) is 18.5. The molecule has 0 spiro atoms. The predicted molar refractivity (Wildman–Crippen MR) is 85.8 cm³/mol. The third kappa shape index (κ3) is 3.07. The Hall–Kier alpha value is -1.82. The number of rotatable bonds is 6. The zero-order valence-electron chi connectivity index (χ0n) is 12.8. The van der Waals surface area contributed by atoms with Crippen LogP contribution in [0.1, 0.15) is 40.8 Å². The number of nitrogens with two attached hydrogens (primary N) is 1. The highest BCUT2D eigenvalue weighted by Gasteiger charge is 2.36. The lowest BCUT2D eigenvalue weighted by atomic mass is 9.80. The van der Waals surface area contributed by atoms with Crippen molar-refractivity contribution in [2.24, 2.45) is 12.8 Å². The van der Waals surface area contributed by atoms with Crippen LogP contribution in [0, 0.1) is 0 Å². The number of nitrogens with one attached hydrogen (secondary N) is 1. The number of primary amides is 1. The molecule has 0 saturated heterocycles. The second kappa shape index (κ2) is 6.24. The van der Waals surface area contributed by atoms with E-state index in [1.165, 1.54) is 11.4 Å². The average Bonchev–Trinajstić information content (AvgIpc) is 3.10. The number of carbonyl (C=O) groups is 1. The van der Waals surface area contributed by atoms with Gasteiger partial charge in [-0.15, -0.1) is 21.5 Å². The van der Waals surface area contributed by atoms with Crippen LogP contribution in [0.3, 0.4) is 0 Å². The molecule has 1 aliphatic rings. The minimum Gasteiger partial charge on any atom is -0.388 e. The van der Waals surface area contributed by atoms with E-state index >= 15 is 0 Å². The van der Waals surface area contributed by atoms with Crippen molar-refractivity contribution in [3.8, 4) is 0 Å². The molecule has 2 heterocycles. The first-order chi connectivity index (χ1) is 11.3. The van der Waals surface area contributed by atoms with Crippen LogP contribution in [-0.4, -0.2) is 40.2 Å². The zero-order chi connectivity index (χ0) is 17.5. The molecule has 1 aliphatic carbocycles. The van der Waals surface area contributed by atoms with Gasteiger partial charge in [0.2, 0.25) is 15.9 Å². The van der Waals surface area contributed by atoms with Gasteiger partial charge >= 0.3 is 0 Å². The van der Waals surface area contributed by atoms with Gasteiger partial charge in [0.25, 0.3) is 0 Å². The molecule has 24 heavy (non-hydrogen) atoms. The number of thiophene rings is 1. The highest BCUT2D eigenvalue weighted by atomic mass is 32.2. The highest BCUT2D eigenvalue weighted by molar-refractivity contribution is 7.91. The molecule has 3 rings (SSSR count). The molecule has 2 aromatic heterocycles. The normalized spacial score (nSPS) is 20.8. The minimum atomic E-state index is -3.67. The third-order valence-electron chi connectivity index (χ3n) is 4.09. The van der Waals surface area contributed by atoms with E-state index in [-0.39, 0.29) is 28.3 Å². The quantitative estimate of drug-likeness (QED) is 0.636. The van der Waals surface area contributed by atoms with E-state index in [0.717, 1.165) is 17.2 Å². The number of aliphatic hydroxyl groups excluding tert-OH is 1. The van der Waals surface area contributed by atoms with Gasteiger partial charge in [-0.1, -0.05) is 0 Å². The van der Waals surface area contributed by atoms with Gasteiger partial charge in [-0.25, -0.2) is 13.1 Å². The van der Waals surface area contributed by atoms with Crippen molar-refractivity contribution in [3.63, 3.8) is 0 Å². The Labute approximate surface area is 142 Å². The van der Waals surface area contributed by atoms with Crippen LogP contribution in [-0.2, 0) is 23.7 Å². The molecule has 130 valence electrons. The fraction of sp³-hybridized carbons (Fsp3) is 0.462. The first-order valence-electron chi connectivity index (χ1n) is 7.21. The van der Waals surface area contributed by atoms with Crippen molar-refractivity contribution in [3.05, 3.63) is 28.7 Å². The molecule has 1 amide bonds. The van der Waals surface area contributed by atoms with Crippen LogP contribution in [0.15, 0.2) is 15.7 Å². The second-order valence-corrected chi connectivity index (χ2v) is 8.55. The van der Waals surface area contributed by atoms with E-state index in [4.69, 9.17) is 10.8 Å². The van der Waals surface area contributed by atoms with Crippen molar-refractivity contribution < 1.29 is 18.3 Å². The summed E-state index contributed by atoms with van der Waals surface area (Å²) >= 11 is 0.962. The van der Waals surface area contributed by atoms with E-state index in [0.29, 0.717) is 18.7 Å². The first-order valence-corrected chi connectivity index (χ1v) is 9.57. The molecule has 4 N–H and O–H groups in total. The van der Waals surface area contributed by atoms with Gasteiger partial charge in [-0.05, 0) is 18.9 Å². The first kappa shape index (κ1) is 17.0.